The molecule has 0 amide bonds. The van der Waals surface area contributed by atoms with E-state index in [-0.39, 0.29) is 35.2 Å². The molecule has 1 N–H and O–H groups in total. The third-order valence-electron chi connectivity index (χ3n) is 3.24. The van der Waals surface area contributed by atoms with Gasteiger partial charge in [0, 0.05) is 24.5 Å². The van der Waals surface area contributed by atoms with Crippen LogP contribution in [0.4, 0.5) is 0 Å². The average molecular weight is 270 g/mol. The standard InChI is InChI=1S/C14H22O3S/c1-4-11(15)14-12(16)7-10(8-13(14)17)6-9(3)18-5-2/h9-10,16H,4-8H2,1-3H3. The lowest BCUT2D eigenvalue weighted by Gasteiger charge is -2.24. The SMILES string of the molecule is CCSC(C)CC1CC(=O)C(C(=O)CC)=C(O)C1. The number of carbonyl (C=O) groups excluding carboxylic acids is 2. The van der Waals surface area contributed by atoms with E-state index in [4.69, 9.17) is 0 Å². The minimum absolute atomic E-state index is 0.0109. The molecule has 1 rings (SSSR count). The van der Waals surface area contributed by atoms with Crippen LogP contribution in [0.1, 0.15) is 46.5 Å². The molecule has 1 aliphatic carbocycles. The average Bonchev–Trinajstić information content (AvgIpc) is 2.27. The van der Waals surface area contributed by atoms with Crippen molar-refractivity contribution in [2.24, 2.45) is 5.92 Å². The number of thioether (sulfide) groups is 1. The number of aliphatic hydroxyl groups excluding tert-OH is 1. The quantitative estimate of drug-likeness (QED) is 0.752. The number of carbonyl (C=O) groups is 2. The summed E-state index contributed by atoms with van der Waals surface area (Å²) in [5, 5.41) is 10.4. The Hall–Kier alpha value is -0.770. The topological polar surface area (TPSA) is 54.4 Å². The third kappa shape index (κ3) is 3.87. The highest BCUT2D eigenvalue weighted by atomic mass is 32.2. The van der Waals surface area contributed by atoms with Gasteiger partial charge in [-0.15, -0.1) is 0 Å². The van der Waals surface area contributed by atoms with Gasteiger partial charge in [-0.05, 0) is 18.1 Å². The van der Waals surface area contributed by atoms with Gasteiger partial charge in [0.25, 0.3) is 0 Å². The van der Waals surface area contributed by atoms with Gasteiger partial charge in [0.1, 0.15) is 5.76 Å². The van der Waals surface area contributed by atoms with Crippen molar-refractivity contribution in [2.75, 3.05) is 5.75 Å². The summed E-state index contributed by atoms with van der Waals surface area (Å²) in [5.74, 6) is 0.844. The number of aliphatic hydroxyl groups is 1. The van der Waals surface area contributed by atoms with Crippen molar-refractivity contribution < 1.29 is 14.7 Å². The maximum Gasteiger partial charge on any atom is 0.170 e. The summed E-state index contributed by atoms with van der Waals surface area (Å²) in [6.45, 7) is 5.97. The predicted molar refractivity (Wildman–Crippen MR) is 74.9 cm³/mol. The van der Waals surface area contributed by atoms with Crippen LogP contribution in [0.15, 0.2) is 11.3 Å². The summed E-state index contributed by atoms with van der Waals surface area (Å²) in [6, 6.07) is 0. The maximum absolute atomic E-state index is 11.9. The highest BCUT2D eigenvalue weighted by Crippen LogP contribution is 2.32. The van der Waals surface area contributed by atoms with Gasteiger partial charge in [-0.2, -0.15) is 11.8 Å². The molecule has 0 aromatic carbocycles. The van der Waals surface area contributed by atoms with E-state index in [1.165, 1.54) is 0 Å². The van der Waals surface area contributed by atoms with Gasteiger partial charge in [0.05, 0.1) is 5.57 Å². The molecule has 3 nitrogen and oxygen atoms in total. The number of hydrogen-bond acceptors (Lipinski definition) is 4. The van der Waals surface area contributed by atoms with Crippen LogP contribution in [0.25, 0.3) is 0 Å². The van der Waals surface area contributed by atoms with Crippen molar-refractivity contribution in [3.63, 3.8) is 0 Å². The van der Waals surface area contributed by atoms with Crippen LogP contribution >= 0.6 is 11.8 Å². The van der Waals surface area contributed by atoms with Crippen LogP contribution in [-0.2, 0) is 9.59 Å². The van der Waals surface area contributed by atoms with Gasteiger partial charge in [-0.25, -0.2) is 0 Å². The Bertz CT molecular complexity index is 360. The van der Waals surface area contributed by atoms with Crippen LogP contribution in [0.5, 0.6) is 0 Å². The fourth-order valence-electron chi connectivity index (χ4n) is 2.45. The summed E-state index contributed by atoms with van der Waals surface area (Å²) in [5.41, 5.74) is 0.0598. The normalized spacial score (nSPS) is 22.2. The lowest BCUT2D eigenvalue weighted by atomic mass is 9.83. The van der Waals surface area contributed by atoms with Gasteiger partial charge in [-0.3, -0.25) is 9.59 Å². The van der Waals surface area contributed by atoms with Crippen LogP contribution in [0.2, 0.25) is 0 Å². The summed E-state index contributed by atoms with van der Waals surface area (Å²) in [4.78, 5) is 23.5. The molecule has 1 aliphatic rings. The molecule has 0 fully saturated rings. The van der Waals surface area contributed by atoms with E-state index in [1.807, 2.05) is 11.8 Å². The Morgan fingerprint density at radius 1 is 1.44 bits per heavy atom. The van der Waals surface area contributed by atoms with Crippen LogP contribution < -0.4 is 0 Å². The second-order valence-electron chi connectivity index (χ2n) is 4.80. The molecule has 0 bridgehead atoms. The second kappa shape index (κ2) is 6.98. The lowest BCUT2D eigenvalue weighted by molar-refractivity contribution is -0.122. The van der Waals surface area contributed by atoms with Crippen molar-refractivity contribution in [2.45, 2.75) is 51.7 Å². The zero-order valence-corrected chi connectivity index (χ0v) is 12.2. The molecule has 18 heavy (non-hydrogen) atoms. The summed E-state index contributed by atoms with van der Waals surface area (Å²) >= 11 is 1.86. The first-order chi connectivity index (χ1) is 8.49. The predicted octanol–water partition coefficient (Wildman–Crippen LogP) is 3.29. The zero-order chi connectivity index (χ0) is 13.7. The zero-order valence-electron chi connectivity index (χ0n) is 11.4. The Labute approximate surface area is 113 Å². The van der Waals surface area contributed by atoms with E-state index in [0.29, 0.717) is 18.1 Å². The number of hydrogen-bond donors (Lipinski definition) is 1. The molecule has 0 aromatic rings. The monoisotopic (exact) mass is 270 g/mol. The van der Waals surface area contributed by atoms with Gasteiger partial charge in [-0.1, -0.05) is 20.8 Å². The molecular weight excluding hydrogens is 248 g/mol. The first-order valence-electron chi connectivity index (χ1n) is 6.59. The first kappa shape index (κ1) is 15.3. The molecule has 0 aliphatic heterocycles. The van der Waals surface area contributed by atoms with E-state index in [9.17, 15) is 14.7 Å². The molecule has 0 spiro atoms. The van der Waals surface area contributed by atoms with E-state index < -0.39 is 0 Å². The first-order valence-corrected chi connectivity index (χ1v) is 7.64. The summed E-state index contributed by atoms with van der Waals surface area (Å²) < 4.78 is 0. The van der Waals surface area contributed by atoms with Gasteiger partial charge in [0.15, 0.2) is 11.6 Å². The van der Waals surface area contributed by atoms with Crippen LogP contribution in [0, 0.1) is 5.92 Å². The van der Waals surface area contributed by atoms with Crippen molar-refractivity contribution in [3.8, 4) is 0 Å². The fourth-order valence-corrected chi connectivity index (χ4v) is 3.43. The highest BCUT2D eigenvalue weighted by Gasteiger charge is 2.31. The minimum Gasteiger partial charge on any atom is -0.511 e. The maximum atomic E-state index is 11.9. The number of allylic oxidation sites excluding steroid dienone is 2. The molecular formula is C14H22O3S. The number of ketones is 2. The Morgan fingerprint density at radius 3 is 2.61 bits per heavy atom. The van der Waals surface area contributed by atoms with Crippen molar-refractivity contribution in [1.29, 1.82) is 0 Å². The molecule has 0 radical (unpaired) electrons. The Morgan fingerprint density at radius 2 is 2.11 bits per heavy atom. The van der Waals surface area contributed by atoms with E-state index in [2.05, 4.69) is 13.8 Å². The van der Waals surface area contributed by atoms with Gasteiger partial charge >= 0.3 is 0 Å². The molecule has 2 unspecified atom stereocenters. The molecule has 0 heterocycles. The van der Waals surface area contributed by atoms with E-state index in [1.54, 1.807) is 6.92 Å². The third-order valence-corrected chi connectivity index (χ3v) is 4.33. The number of rotatable bonds is 6. The summed E-state index contributed by atoms with van der Waals surface area (Å²) in [7, 11) is 0. The number of Topliss-reactive ketones (excluding diaryl/α,β-unsaturated/α-hetero) is 2. The van der Waals surface area contributed by atoms with Crippen molar-refractivity contribution in [1.82, 2.24) is 0 Å². The van der Waals surface area contributed by atoms with E-state index >= 15 is 0 Å². The molecule has 2 atom stereocenters. The largest absolute Gasteiger partial charge is 0.511 e. The lowest BCUT2D eigenvalue weighted by Crippen LogP contribution is -2.25. The molecule has 0 saturated heterocycles. The molecule has 0 aromatic heterocycles. The molecule has 102 valence electrons. The van der Waals surface area contributed by atoms with Crippen molar-refractivity contribution >= 4 is 23.3 Å². The van der Waals surface area contributed by atoms with Crippen LogP contribution in [-0.4, -0.2) is 27.7 Å². The van der Waals surface area contributed by atoms with Crippen molar-refractivity contribution in [3.05, 3.63) is 11.3 Å². The minimum atomic E-state index is -0.230. The smallest absolute Gasteiger partial charge is 0.170 e. The summed E-state index contributed by atoms with van der Waals surface area (Å²) in [6.07, 6.45) is 2.07. The second-order valence-corrected chi connectivity index (χ2v) is 6.51. The van der Waals surface area contributed by atoms with Gasteiger partial charge in [0.2, 0.25) is 0 Å². The Kier molecular flexibility index (Phi) is 5.93. The fraction of sp³-hybridized carbons (Fsp3) is 0.714. The van der Waals surface area contributed by atoms with E-state index in [0.717, 1.165) is 12.2 Å². The molecule has 0 saturated carbocycles. The van der Waals surface area contributed by atoms with Gasteiger partial charge < -0.3 is 5.11 Å². The highest BCUT2D eigenvalue weighted by molar-refractivity contribution is 7.99. The molecule has 4 heteroatoms. The Balaban J connectivity index is 2.70. The van der Waals surface area contributed by atoms with Crippen LogP contribution in [0.3, 0.4) is 0 Å².